The van der Waals surface area contributed by atoms with Gasteiger partial charge in [0.15, 0.2) is 0 Å². The number of nitrogens with two attached hydrogens (primary N) is 1. The third kappa shape index (κ3) is 3.40. The highest BCUT2D eigenvalue weighted by Crippen LogP contribution is 2.31. The Morgan fingerprint density at radius 3 is 2.88 bits per heavy atom. The molecule has 1 aliphatic carbocycles. The minimum Gasteiger partial charge on any atom is -0.356 e. The number of carbonyl (C=O) groups excluding carboxylic acids is 1. The number of hydrogen-bond acceptors (Lipinski definition) is 2. The first-order chi connectivity index (χ1) is 7.16. The van der Waals surface area contributed by atoms with Gasteiger partial charge in [-0.25, -0.2) is 0 Å². The van der Waals surface area contributed by atoms with Crippen molar-refractivity contribution in [2.24, 2.45) is 11.7 Å². The number of rotatable bonds is 4. The van der Waals surface area contributed by atoms with Gasteiger partial charge in [-0.15, -0.1) is 12.4 Å². The minimum atomic E-state index is -0.155. The van der Waals surface area contributed by atoms with E-state index in [1.807, 2.05) is 0 Å². The van der Waals surface area contributed by atoms with Crippen molar-refractivity contribution in [2.45, 2.75) is 18.9 Å². The van der Waals surface area contributed by atoms with Crippen molar-refractivity contribution in [2.75, 3.05) is 6.54 Å². The number of amides is 1. The minimum absolute atomic E-state index is 0. The molecule has 0 radical (unpaired) electrons. The third-order valence-corrected chi connectivity index (χ3v) is 2.84. The Kier molecular flexibility index (Phi) is 4.65. The average Bonchev–Trinajstić information content (AvgIpc) is 2.97. The molecule has 0 aromatic carbocycles. The molecule has 1 aromatic heterocycles. The molecule has 0 saturated heterocycles. The first-order valence-corrected chi connectivity index (χ1v) is 5.42. The first-order valence-electron chi connectivity index (χ1n) is 5.04. The number of halogens is 2. The van der Waals surface area contributed by atoms with Crippen molar-refractivity contribution in [1.82, 2.24) is 10.3 Å². The molecule has 90 valence electrons. The predicted molar refractivity (Wildman–Crippen MR) is 66.1 cm³/mol. The van der Waals surface area contributed by atoms with E-state index in [2.05, 4.69) is 10.3 Å². The molecule has 2 rings (SSSR count). The van der Waals surface area contributed by atoms with Crippen molar-refractivity contribution in [3.63, 3.8) is 0 Å². The largest absolute Gasteiger partial charge is 0.356 e. The van der Waals surface area contributed by atoms with Crippen LogP contribution in [0.3, 0.4) is 0 Å². The summed E-state index contributed by atoms with van der Waals surface area (Å²) in [4.78, 5) is 14.3. The highest BCUT2D eigenvalue weighted by Gasteiger charge is 2.28. The molecule has 1 heterocycles. The zero-order valence-electron chi connectivity index (χ0n) is 8.70. The van der Waals surface area contributed by atoms with Crippen LogP contribution < -0.4 is 11.1 Å². The Morgan fingerprint density at radius 2 is 2.38 bits per heavy atom. The predicted octanol–water partition coefficient (Wildman–Crippen LogP) is 1.56. The van der Waals surface area contributed by atoms with Crippen LogP contribution in [0, 0.1) is 5.92 Å². The molecule has 1 aromatic rings. The summed E-state index contributed by atoms with van der Waals surface area (Å²) >= 11 is 5.69. The molecule has 1 atom stereocenters. The SMILES string of the molecule is Cl.NC(CNC(=O)c1cc(Cl)c[nH]1)C1CC1. The van der Waals surface area contributed by atoms with Gasteiger partial charge in [-0.05, 0) is 24.8 Å². The van der Waals surface area contributed by atoms with E-state index in [1.54, 1.807) is 12.3 Å². The molecule has 6 heteroatoms. The van der Waals surface area contributed by atoms with E-state index in [4.69, 9.17) is 17.3 Å². The van der Waals surface area contributed by atoms with E-state index >= 15 is 0 Å². The van der Waals surface area contributed by atoms with Gasteiger partial charge in [0.1, 0.15) is 5.69 Å². The molecule has 1 aliphatic rings. The van der Waals surface area contributed by atoms with Gasteiger partial charge in [-0.3, -0.25) is 4.79 Å². The number of carbonyl (C=O) groups is 1. The number of H-pyrrole nitrogens is 1. The van der Waals surface area contributed by atoms with Crippen molar-refractivity contribution >= 4 is 29.9 Å². The van der Waals surface area contributed by atoms with Crippen LogP contribution in [-0.4, -0.2) is 23.5 Å². The molecule has 0 bridgehead atoms. The van der Waals surface area contributed by atoms with Crippen LogP contribution in [0.4, 0.5) is 0 Å². The Morgan fingerprint density at radius 1 is 1.69 bits per heavy atom. The van der Waals surface area contributed by atoms with Gasteiger partial charge in [-0.2, -0.15) is 0 Å². The van der Waals surface area contributed by atoms with Gasteiger partial charge >= 0.3 is 0 Å². The summed E-state index contributed by atoms with van der Waals surface area (Å²) in [7, 11) is 0. The molecule has 0 spiro atoms. The lowest BCUT2D eigenvalue weighted by Crippen LogP contribution is -2.38. The zero-order chi connectivity index (χ0) is 10.8. The van der Waals surface area contributed by atoms with E-state index in [1.165, 1.54) is 12.8 Å². The van der Waals surface area contributed by atoms with Crippen LogP contribution in [-0.2, 0) is 0 Å². The fourth-order valence-electron chi connectivity index (χ4n) is 1.50. The van der Waals surface area contributed by atoms with Gasteiger partial charge in [-0.1, -0.05) is 11.6 Å². The van der Waals surface area contributed by atoms with Gasteiger partial charge in [0.25, 0.3) is 5.91 Å². The quantitative estimate of drug-likeness (QED) is 0.772. The summed E-state index contributed by atoms with van der Waals surface area (Å²) < 4.78 is 0. The monoisotopic (exact) mass is 263 g/mol. The maximum absolute atomic E-state index is 11.5. The van der Waals surface area contributed by atoms with E-state index in [0.717, 1.165) is 0 Å². The highest BCUT2D eigenvalue weighted by molar-refractivity contribution is 6.30. The van der Waals surface area contributed by atoms with Crippen molar-refractivity contribution in [3.8, 4) is 0 Å². The fraction of sp³-hybridized carbons (Fsp3) is 0.500. The summed E-state index contributed by atoms with van der Waals surface area (Å²) in [6.45, 7) is 0.528. The van der Waals surface area contributed by atoms with Crippen LogP contribution in [0.1, 0.15) is 23.3 Å². The van der Waals surface area contributed by atoms with Gasteiger partial charge in [0.2, 0.25) is 0 Å². The summed E-state index contributed by atoms with van der Waals surface area (Å²) in [5, 5.41) is 3.31. The van der Waals surface area contributed by atoms with E-state index < -0.39 is 0 Å². The molecule has 4 N–H and O–H groups in total. The van der Waals surface area contributed by atoms with Crippen LogP contribution >= 0.6 is 24.0 Å². The normalized spacial score (nSPS) is 16.4. The molecule has 1 unspecified atom stereocenters. The molecule has 1 saturated carbocycles. The average molecular weight is 264 g/mol. The van der Waals surface area contributed by atoms with E-state index in [-0.39, 0.29) is 24.4 Å². The topological polar surface area (TPSA) is 70.9 Å². The molecule has 0 aliphatic heterocycles. The lowest BCUT2D eigenvalue weighted by atomic mass is 10.2. The van der Waals surface area contributed by atoms with Crippen molar-refractivity contribution < 1.29 is 4.79 Å². The Labute approximate surface area is 105 Å². The smallest absolute Gasteiger partial charge is 0.267 e. The number of aromatic nitrogens is 1. The van der Waals surface area contributed by atoms with Crippen molar-refractivity contribution in [3.05, 3.63) is 23.0 Å². The molecule has 16 heavy (non-hydrogen) atoms. The lowest BCUT2D eigenvalue weighted by molar-refractivity contribution is 0.0946. The molecular weight excluding hydrogens is 249 g/mol. The van der Waals surface area contributed by atoms with E-state index in [9.17, 15) is 4.79 Å². The first kappa shape index (κ1) is 13.4. The second-order valence-corrected chi connectivity index (χ2v) is 4.38. The molecule has 4 nitrogen and oxygen atoms in total. The van der Waals surface area contributed by atoms with Gasteiger partial charge in [0, 0.05) is 18.8 Å². The standard InChI is InChI=1S/C10H14ClN3O.ClH/c11-7-3-9(13-4-7)10(15)14-5-8(12)6-1-2-6;/h3-4,6,8,13H,1-2,5,12H2,(H,14,15);1H. The van der Waals surface area contributed by atoms with Crippen LogP contribution in [0.25, 0.3) is 0 Å². The number of hydrogen-bond donors (Lipinski definition) is 3. The van der Waals surface area contributed by atoms with Crippen LogP contribution in [0.2, 0.25) is 5.02 Å². The second kappa shape index (κ2) is 5.57. The summed E-state index contributed by atoms with van der Waals surface area (Å²) in [6.07, 6.45) is 3.95. The maximum Gasteiger partial charge on any atom is 0.267 e. The van der Waals surface area contributed by atoms with Crippen molar-refractivity contribution in [1.29, 1.82) is 0 Å². The lowest BCUT2D eigenvalue weighted by Gasteiger charge is -2.10. The van der Waals surface area contributed by atoms with Gasteiger partial charge < -0.3 is 16.0 Å². The fourth-order valence-corrected chi connectivity index (χ4v) is 1.66. The molecule has 1 amide bonds. The molecular formula is C10H15Cl2N3O. The summed E-state index contributed by atoms with van der Waals surface area (Å²) in [5.74, 6) is 0.440. The second-order valence-electron chi connectivity index (χ2n) is 3.94. The maximum atomic E-state index is 11.5. The highest BCUT2D eigenvalue weighted by atomic mass is 35.5. The number of nitrogens with one attached hydrogen (secondary N) is 2. The Bertz CT molecular complexity index is 363. The van der Waals surface area contributed by atoms with Gasteiger partial charge in [0.05, 0.1) is 5.02 Å². The summed E-state index contributed by atoms with van der Waals surface area (Å²) in [6, 6.07) is 1.68. The third-order valence-electron chi connectivity index (χ3n) is 2.62. The van der Waals surface area contributed by atoms with Crippen LogP contribution in [0.15, 0.2) is 12.3 Å². The Hall–Kier alpha value is -0.710. The zero-order valence-corrected chi connectivity index (χ0v) is 10.3. The number of aromatic amines is 1. The van der Waals surface area contributed by atoms with E-state index in [0.29, 0.717) is 23.2 Å². The summed E-state index contributed by atoms with van der Waals surface area (Å²) in [5.41, 5.74) is 6.33. The molecule has 1 fully saturated rings. The van der Waals surface area contributed by atoms with Crippen LogP contribution in [0.5, 0.6) is 0 Å². The Balaban J connectivity index is 0.00000128.